The van der Waals surface area contributed by atoms with Crippen LogP contribution in [-0.4, -0.2) is 19.7 Å². The first-order chi connectivity index (χ1) is 11.1. The van der Waals surface area contributed by atoms with E-state index in [2.05, 4.69) is 45.6 Å². The fraction of sp³-hybridized carbons (Fsp3) is 0.278. The first-order valence-electron chi connectivity index (χ1n) is 7.75. The Morgan fingerprint density at radius 3 is 2.48 bits per heavy atom. The third-order valence-corrected chi connectivity index (χ3v) is 3.67. The molecule has 1 aromatic carbocycles. The van der Waals surface area contributed by atoms with E-state index in [1.54, 1.807) is 0 Å². The maximum Gasteiger partial charge on any atom is 0.223 e. The molecular weight excluding hydrogens is 286 g/mol. The molecule has 2 heterocycles. The van der Waals surface area contributed by atoms with Crippen molar-refractivity contribution in [3.8, 4) is 0 Å². The molecule has 0 spiro atoms. The van der Waals surface area contributed by atoms with Gasteiger partial charge in [-0.1, -0.05) is 30.3 Å². The largest absolute Gasteiger partial charge is 0.348 e. The molecule has 0 fully saturated rings. The minimum atomic E-state index is 0.0979. The van der Waals surface area contributed by atoms with E-state index in [0.29, 0.717) is 5.95 Å². The molecule has 3 aromatic rings. The summed E-state index contributed by atoms with van der Waals surface area (Å²) in [5.74, 6) is 0.658. The van der Waals surface area contributed by atoms with Crippen LogP contribution in [-0.2, 0) is 6.54 Å². The van der Waals surface area contributed by atoms with Crippen LogP contribution in [0.3, 0.4) is 0 Å². The lowest BCUT2D eigenvalue weighted by Gasteiger charge is -2.12. The minimum absolute atomic E-state index is 0.0979. The third-order valence-electron chi connectivity index (χ3n) is 3.67. The van der Waals surface area contributed by atoms with Crippen molar-refractivity contribution in [2.24, 2.45) is 0 Å². The van der Waals surface area contributed by atoms with E-state index in [4.69, 9.17) is 0 Å². The summed E-state index contributed by atoms with van der Waals surface area (Å²) in [6.45, 7) is 6.81. The van der Waals surface area contributed by atoms with Gasteiger partial charge in [-0.15, -0.1) is 0 Å². The van der Waals surface area contributed by atoms with Crippen LogP contribution in [0.15, 0.2) is 48.8 Å². The standard InChI is InChI=1S/C18H21N5/c1-13-9-14(2)21-18(20-13)22-15(3)17-10-19-23(12-17)11-16-7-5-4-6-8-16/h4-10,12,15H,11H2,1-3H3,(H,20,21,22). The smallest absolute Gasteiger partial charge is 0.223 e. The SMILES string of the molecule is Cc1cc(C)nc(NC(C)c2cnn(Cc3ccccc3)c2)n1. The molecule has 0 amide bonds. The van der Waals surface area contributed by atoms with Crippen molar-refractivity contribution in [3.63, 3.8) is 0 Å². The highest BCUT2D eigenvalue weighted by atomic mass is 15.3. The van der Waals surface area contributed by atoms with E-state index in [-0.39, 0.29) is 6.04 Å². The van der Waals surface area contributed by atoms with Crippen LogP contribution in [0.1, 0.15) is 35.5 Å². The second-order valence-electron chi connectivity index (χ2n) is 5.80. The molecule has 0 radical (unpaired) electrons. The molecule has 5 nitrogen and oxygen atoms in total. The highest BCUT2D eigenvalue weighted by Crippen LogP contribution is 2.17. The van der Waals surface area contributed by atoms with Crippen molar-refractivity contribution < 1.29 is 0 Å². The van der Waals surface area contributed by atoms with E-state index in [9.17, 15) is 0 Å². The summed E-state index contributed by atoms with van der Waals surface area (Å²) >= 11 is 0. The Hall–Kier alpha value is -2.69. The van der Waals surface area contributed by atoms with Gasteiger partial charge in [0.25, 0.3) is 0 Å². The summed E-state index contributed by atoms with van der Waals surface area (Å²) in [5, 5.41) is 7.79. The van der Waals surface area contributed by atoms with Gasteiger partial charge in [0, 0.05) is 23.1 Å². The van der Waals surface area contributed by atoms with Crippen LogP contribution in [0.2, 0.25) is 0 Å². The van der Waals surface area contributed by atoms with E-state index in [1.807, 2.05) is 49.0 Å². The monoisotopic (exact) mass is 307 g/mol. The van der Waals surface area contributed by atoms with Gasteiger partial charge in [0.15, 0.2) is 0 Å². The molecule has 0 bridgehead atoms. The lowest BCUT2D eigenvalue weighted by atomic mass is 10.2. The normalized spacial score (nSPS) is 12.1. The van der Waals surface area contributed by atoms with E-state index in [1.165, 1.54) is 5.56 Å². The third kappa shape index (κ3) is 3.94. The van der Waals surface area contributed by atoms with Gasteiger partial charge < -0.3 is 5.32 Å². The molecule has 5 heteroatoms. The fourth-order valence-electron chi connectivity index (χ4n) is 2.53. The molecule has 0 aliphatic carbocycles. The Bertz CT molecular complexity index is 759. The van der Waals surface area contributed by atoms with Crippen LogP contribution >= 0.6 is 0 Å². The van der Waals surface area contributed by atoms with Gasteiger partial charge in [0.2, 0.25) is 5.95 Å². The molecule has 23 heavy (non-hydrogen) atoms. The van der Waals surface area contributed by atoms with E-state index in [0.717, 1.165) is 23.5 Å². The van der Waals surface area contributed by atoms with Gasteiger partial charge in [-0.05, 0) is 32.4 Å². The summed E-state index contributed by atoms with van der Waals surface area (Å²) in [7, 11) is 0. The quantitative estimate of drug-likeness (QED) is 0.783. The number of anilines is 1. The van der Waals surface area contributed by atoms with Crippen molar-refractivity contribution >= 4 is 5.95 Å². The number of aromatic nitrogens is 4. The van der Waals surface area contributed by atoms with Gasteiger partial charge in [0.1, 0.15) is 0 Å². The maximum absolute atomic E-state index is 4.45. The molecule has 1 N–H and O–H groups in total. The predicted molar refractivity (Wildman–Crippen MR) is 91.3 cm³/mol. The highest BCUT2D eigenvalue weighted by Gasteiger charge is 2.10. The van der Waals surface area contributed by atoms with Crippen molar-refractivity contribution in [1.29, 1.82) is 0 Å². The highest BCUT2D eigenvalue weighted by molar-refractivity contribution is 5.32. The van der Waals surface area contributed by atoms with Crippen LogP contribution < -0.4 is 5.32 Å². The first-order valence-corrected chi connectivity index (χ1v) is 7.75. The number of benzene rings is 1. The average molecular weight is 307 g/mol. The minimum Gasteiger partial charge on any atom is -0.348 e. The predicted octanol–water partition coefficient (Wildman–Crippen LogP) is 3.51. The topological polar surface area (TPSA) is 55.6 Å². The van der Waals surface area contributed by atoms with Crippen molar-refractivity contribution in [3.05, 3.63) is 71.3 Å². The molecule has 0 aliphatic rings. The molecule has 0 saturated carbocycles. The second kappa shape index (κ2) is 6.60. The van der Waals surface area contributed by atoms with Gasteiger partial charge in [-0.25, -0.2) is 9.97 Å². The molecule has 118 valence electrons. The number of hydrogen-bond donors (Lipinski definition) is 1. The average Bonchev–Trinajstić information content (AvgIpc) is 2.96. The molecular formula is C18H21N5. The summed E-state index contributed by atoms with van der Waals surface area (Å²) < 4.78 is 1.95. The number of hydrogen-bond acceptors (Lipinski definition) is 4. The summed E-state index contributed by atoms with van der Waals surface area (Å²) in [5.41, 5.74) is 4.28. The first kappa shape index (κ1) is 15.2. The van der Waals surface area contributed by atoms with Crippen molar-refractivity contribution in [1.82, 2.24) is 19.7 Å². The zero-order valence-electron chi connectivity index (χ0n) is 13.7. The molecule has 2 aromatic heterocycles. The lowest BCUT2D eigenvalue weighted by molar-refractivity contribution is 0.685. The molecule has 1 atom stereocenters. The second-order valence-corrected chi connectivity index (χ2v) is 5.80. The zero-order valence-corrected chi connectivity index (χ0v) is 13.7. The lowest BCUT2D eigenvalue weighted by Crippen LogP contribution is -2.10. The Kier molecular flexibility index (Phi) is 4.37. The van der Waals surface area contributed by atoms with Gasteiger partial charge in [-0.3, -0.25) is 4.68 Å². The Labute approximate surface area is 136 Å². The van der Waals surface area contributed by atoms with Crippen LogP contribution in [0.25, 0.3) is 0 Å². The van der Waals surface area contributed by atoms with E-state index >= 15 is 0 Å². The summed E-state index contributed by atoms with van der Waals surface area (Å²) in [4.78, 5) is 8.85. The van der Waals surface area contributed by atoms with Crippen molar-refractivity contribution in [2.75, 3.05) is 5.32 Å². The van der Waals surface area contributed by atoms with E-state index < -0.39 is 0 Å². The van der Waals surface area contributed by atoms with Gasteiger partial charge in [-0.2, -0.15) is 5.10 Å². The number of rotatable bonds is 5. The number of aryl methyl sites for hydroxylation is 2. The van der Waals surface area contributed by atoms with Crippen LogP contribution in [0, 0.1) is 13.8 Å². The van der Waals surface area contributed by atoms with Crippen molar-refractivity contribution in [2.45, 2.75) is 33.4 Å². The number of nitrogens with zero attached hydrogens (tertiary/aromatic N) is 4. The molecule has 3 rings (SSSR count). The summed E-state index contributed by atoms with van der Waals surface area (Å²) in [6.07, 6.45) is 3.95. The molecule has 1 unspecified atom stereocenters. The molecule has 0 saturated heterocycles. The number of nitrogens with one attached hydrogen (secondary N) is 1. The fourth-order valence-corrected chi connectivity index (χ4v) is 2.53. The maximum atomic E-state index is 4.45. The summed E-state index contributed by atoms with van der Waals surface area (Å²) in [6, 6.07) is 12.4. The van der Waals surface area contributed by atoms with Gasteiger partial charge >= 0.3 is 0 Å². The zero-order chi connectivity index (χ0) is 16.2. The Balaban J connectivity index is 1.69. The van der Waals surface area contributed by atoms with Crippen LogP contribution in [0.5, 0.6) is 0 Å². The van der Waals surface area contributed by atoms with Gasteiger partial charge in [0.05, 0.1) is 18.8 Å². The molecule has 0 aliphatic heterocycles. The van der Waals surface area contributed by atoms with Crippen LogP contribution in [0.4, 0.5) is 5.95 Å². The Morgan fingerprint density at radius 1 is 1.09 bits per heavy atom. The Morgan fingerprint density at radius 2 is 1.78 bits per heavy atom.